The monoisotopic (exact) mass is 562 g/mol. The summed E-state index contributed by atoms with van der Waals surface area (Å²) in [5.74, 6) is -1.41. The first kappa shape index (κ1) is 29.0. The number of para-hydroxylation sites is 1. The third-order valence-electron chi connectivity index (χ3n) is 6.11. The van der Waals surface area contributed by atoms with E-state index in [0.29, 0.717) is 22.5 Å². The minimum atomic E-state index is -2.71. The fraction of sp³-hybridized carbons (Fsp3) is 0.300. The fourth-order valence-corrected chi connectivity index (χ4v) is 5.06. The van der Waals surface area contributed by atoms with Gasteiger partial charge in [0.25, 0.3) is 5.89 Å². The molecule has 2 unspecified atom stereocenters. The highest BCUT2D eigenvalue weighted by atomic mass is 32.2. The largest absolute Gasteiger partial charge is 0.755 e. The van der Waals surface area contributed by atoms with E-state index in [1.165, 1.54) is 0 Å². The lowest BCUT2D eigenvalue weighted by Gasteiger charge is -2.36. The molecule has 1 heterocycles. The minimum absolute atomic E-state index is 0.0182. The zero-order valence-electron chi connectivity index (χ0n) is 23.3. The summed E-state index contributed by atoms with van der Waals surface area (Å²) in [7, 11) is 0. The van der Waals surface area contributed by atoms with Crippen LogP contribution in [0.1, 0.15) is 50.9 Å². The van der Waals surface area contributed by atoms with Crippen LogP contribution in [0.5, 0.6) is 0 Å². The Morgan fingerprint density at radius 2 is 1.60 bits per heavy atom. The standard InChI is InChI=1S/C30H33N3O6S/c1-18(2)26(29(35)39-30(4,5)6)33(40(36)37)23-16-12-21(13-17-23)20-10-14-22(15-11-20)31-27(34)28-32-25-19(3)8-7-9-24(25)38-28/h7-18,26H,1-6H3,(H,31,34)(H,36,37)/p-1. The first-order valence-corrected chi connectivity index (χ1v) is 13.9. The Bertz CT molecular complexity index is 1540. The molecule has 0 spiro atoms. The van der Waals surface area contributed by atoms with E-state index < -0.39 is 34.8 Å². The van der Waals surface area contributed by atoms with Gasteiger partial charge in [0.05, 0.1) is 0 Å². The van der Waals surface area contributed by atoms with Crippen LogP contribution in [-0.4, -0.2) is 37.3 Å². The van der Waals surface area contributed by atoms with Crippen LogP contribution in [0, 0.1) is 12.8 Å². The van der Waals surface area contributed by atoms with Gasteiger partial charge in [0.15, 0.2) is 5.58 Å². The third-order valence-corrected chi connectivity index (χ3v) is 6.86. The summed E-state index contributed by atoms with van der Waals surface area (Å²) in [4.78, 5) is 29.9. The molecule has 0 aliphatic heterocycles. The predicted molar refractivity (Wildman–Crippen MR) is 154 cm³/mol. The van der Waals surface area contributed by atoms with Crippen LogP contribution in [0.3, 0.4) is 0 Å². The number of rotatable bonds is 8. The van der Waals surface area contributed by atoms with E-state index in [0.717, 1.165) is 21.0 Å². The number of aryl methyl sites for hydroxylation is 1. The molecule has 1 N–H and O–H groups in total. The molecule has 0 bridgehead atoms. The average Bonchev–Trinajstić information content (AvgIpc) is 3.32. The van der Waals surface area contributed by atoms with Crippen LogP contribution in [-0.2, 0) is 20.8 Å². The van der Waals surface area contributed by atoms with Crippen molar-refractivity contribution in [1.82, 2.24) is 4.98 Å². The number of esters is 1. The first-order chi connectivity index (χ1) is 18.8. The van der Waals surface area contributed by atoms with Gasteiger partial charge in [-0.25, -0.2) is 9.78 Å². The lowest BCUT2D eigenvalue weighted by atomic mass is 10.0. The molecule has 0 radical (unpaired) electrons. The van der Waals surface area contributed by atoms with E-state index in [2.05, 4.69) is 10.3 Å². The molecule has 9 nitrogen and oxygen atoms in total. The maximum absolute atomic E-state index is 12.9. The second-order valence-electron chi connectivity index (χ2n) is 10.8. The number of hydrogen-bond acceptors (Lipinski definition) is 7. The summed E-state index contributed by atoms with van der Waals surface area (Å²) in [6, 6.07) is 18.5. The number of ether oxygens (including phenoxy) is 1. The summed E-state index contributed by atoms with van der Waals surface area (Å²) < 4.78 is 36.6. The van der Waals surface area contributed by atoms with Gasteiger partial charge in [-0.3, -0.25) is 13.3 Å². The van der Waals surface area contributed by atoms with Crippen molar-refractivity contribution in [2.24, 2.45) is 5.92 Å². The quantitative estimate of drug-likeness (QED) is 0.206. The highest BCUT2D eigenvalue weighted by Crippen LogP contribution is 2.29. The van der Waals surface area contributed by atoms with Crippen LogP contribution in [0.15, 0.2) is 71.1 Å². The van der Waals surface area contributed by atoms with Crippen LogP contribution in [0.25, 0.3) is 22.2 Å². The van der Waals surface area contributed by atoms with Gasteiger partial charge in [-0.1, -0.05) is 50.2 Å². The van der Waals surface area contributed by atoms with Gasteiger partial charge in [0.2, 0.25) is 0 Å². The van der Waals surface area contributed by atoms with E-state index in [-0.39, 0.29) is 11.8 Å². The Balaban J connectivity index is 1.50. The van der Waals surface area contributed by atoms with Crippen LogP contribution < -0.4 is 9.62 Å². The first-order valence-electron chi connectivity index (χ1n) is 12.8. The second-order valence-corrected chi connectivity index (χ2v) is 11.6. The number of aromatic nitrogens is 1. The zero-order valence-corrected chi connectivity index (χ0v) is 24.1. The number of benzene rings is 3. The van der Waals surface area contributed by atoms with E-state index in [4.69, 9.17) is 9.15 Å². The molecule has 0 fully saturated rings. The number of fused-ring (bicyclic) bond motifs is 1. The molecule has 40 heavy (non-hydrogen) atoms. The molecule has 2 atom stereocenters. The maximum atomic E-state index is 12.9. The summed E-state index contributed by atoms with van der Waals surface area (Å²) in [5.41, 5.74) is 3.96. The Labute approximate surface area is 236 Å². The lowest BCUT2D eigenvalue weighted by Crippen LogP contribution is -2.48. The minimum Gasteiger partial charge on any atom is -0.755 e. The van der Waals surface area contributed by atoms with Gasteiger partial charge in [-0.2, -0.15) is 0 Å². The normalized spacial score (nSPS) is 13.2. The molecule has 210 valence electrons. The highest BCUT2D eigenvalue weighted by molar-refractivity contribution is 7.80. The number of amides is 1. The highest BCUT2D eigenvalue weighted by Gasteiger charge is 2.34. The number of nitrogens with zero attached hydrogens (tertiary/aromatic N) is 2. The molecule has 1 aromatic heterocycles. The van der Waals surface area contributed by atoms with Crippen molar-refractivity contribution in [2.75, 3.05) is 9.62 Å². The topological polar surface area (TPSA) is 125 Å². The third kappa shape index (κ3) is 6.57. The van der Waals surface area contributed by atoms with Gasteiger partial charge in [-0.05, 0) is 80.6 Å². The Kier molecular flexibility index (Phi) is 8.41. The molecule has 10 heteroatoms. The van der Waals surface area contributed by atoms with Crippen molar-refractivity contribution in [2.45, 2.75) is 53.2 Å². The van der Waals surface area contributed by atoms with Crippen molar-refractivity contribution < 1.29 is 27.5 Å². The SMILES string of the molecule is Cc1cccc2oc(C(=O)Nc3ccc(-c4ccc(N(C(C(=O)OC(C)(C)C)C(C)C)S(=O)[O-])cc4)cc3)nc12. The van der Waals surface area contributed by atoms with Gasteiger partial charge in [-0.15, -0.1) is 0 Å². The molecule has 0 saturated heterocycles. The molecule has 0 saturated carbocycles. The molecule has 3 aromatic carbocycles. The second kappa shape index (κ2) is 11.6. The Hall–Kier alpha value is -4.02. The average molecular weight is 563 g/mol. The predicted octanol–water partition coefficient (Wildman–Crippen LogP) is 6.02. The number of hydrogen-bond donors (Lipinski definition) is 1. The van der Waals surface area contributed by atoms with Crippen molar-refractivity contribution in [3.05, 3.63) is 78.2 Å². The van der Waals surface area contributed by atoms with E-state index in [9.17, 15) is 18.4 Å². The maximum Gasteiger partial charge on any atom is 0.330 e. The molecular weight excluding hydrogens is 530 g/mol. The summed E-state index contributed by atoms with van der Waals surface area (Å²) >= 11 is -2.71. The van der Waals surface area contributed by atoms with Crippen LogP contribution >= 0.6 is 0 Å². The number of oxazole rings is 1. The van der Waals surface area contributed by atoms with Gasteiger partial charge in [0.1, 0.15) is 17.2 Å². The molecule has 4 aromatic rings. The summed E-state index contributed by atoms with van der Waals surface area (Å²) in [6.07, 6.45) is 0. The summed E-state index contributed by atoms with van der Waals surface area (Å²) in [5, 5.41) is 2.79. The van der Waals surface area contributed by atoms with Gasteiger partial charge in [0, 0.05) is 22.6 Å². The van der Waals surface area contributed by atoms with Crippen LogP contribution in [0.2, 0.25) is 0 Å². The van der Waals surface area contributed by atoms with Gasteiger partial charge >= 0.3 is 11.9 Å². The fourth-order valence-electron chi connectivity index (χ4n) is 4.25. The molecule has 4 rings (SSSR count). The molecule has 0 aliphatic carbocycles. The smallest absolute Gasteiger partial charge is 0.330 e. The molecule has 1 amide bonds. The summed E-state index contributed by atoms with van der Waals surface area (Å²) in [6.45, 7) is 10.7. The van der Waals surface area contributed by atoms with Crippen molar-refractivity contribution in [1.29, 1.82) is 0 Å². The van der Waals surface area contributed by atoms with E-state index in [1.54, 1.807) is 77.1 Å². The van der Waals surface area contributed by atoms with E-state index >= 15 is 0 Å². The zero-order chi connectivity index (χ0) is 29.2. The van der Waals surface area contributed by atoms with E-state index in [1.807, 2.05) is 31.2 Å². The lowest BCUT2D eigenvalue weighted by molar-refractivity contribution is -0.157. The Morgan fingerprint density at radius 1 is 1.00 bits per heavy atom. The van der Waals surface area contributed by atoms with Crippen LogP contribution in [0.4, 0.5) is 11.4 Å². The molecule has 0 aliphatic rings. The van der Waals surface area contributed by atoms with Crippen molar-refractivity contribution in [3.63, 3.8) is 0 Å². The van der Waals surface area contributed by atoms with Gasteiger partial charge < -0.3 is 19.0 Å². The van der Waals surface area contributed by atoms with Crippen molar-refractivity contribution in [3.8, 4) is 11.1 Å². The number of carbonyl (C=O) groups excluding carboxylic acids is 2. The molecular formula is C30H32N3O6S-. The number of nitrogens with one attached hydrogen (secondary N) is 1. The Morgan fingerprint density at radius 3 is 2.12 bits per heavy atom. The number of anilines is 2. The van der Waals surface area contributed by atoms with Crippen molar-refractivity contribution >= 4 is 45.6 Å². The number of carbonyl (C=O) groups is 2.